The minimum Gasteiger partial charge on any atom is -0.411 e. The third-order valence-electron chi connectivity index (χ3n) is 4.18. The summed E-state index contributed by atoms with van der Waals surface area (Å²) in [6, 6.07) is 16.4. The topological polar surface area (TPSA) is 85.1 Å². The van der Waals surface area contributed by atoms with Crippen molar-refractivity contribution in [2.75, 3.05) is 5.32 Å². The van der Waals surface area contributed by atoms with Crippen molar-refractivity contribution < 1.29 is 14.0 Å². The predicted molar refractivity (Wildman–Crippen MR) is 114 cm³/mol. The molecule has 7 heteroatoms. The molecule has 6 nitrogen and oxygen atoms in total. The van der Waals surface area contributed by atoms with E-state index in [1.54, 1.807) is 31.2 Å². The van der Waals surface area contributed by atoms with E-state index in [4.69, 9.17) is 4.42 Å². The molecule has 0 saturated heterocycles. The number of hydrogen-bond acceptors (Lipinski definition) is 6. The number of rotatable bonds is 6. The number of thioether (sulfide) groups is 1. The highest BCUT2D eigenvalue weighted by Crippen LogP contribution is 2.28. The molecular formula is C22H23N3O3S. The first-order chi connectivity index (χ1) is 13.7. The molecule has 0 unspecified atom stereocenters. The SMILES string of the molecule is C[C@H](Sc1nnc(-c2ccccc2)o1)C(=O)c1ccc(NC(=O)C(C)(C)C)cc1. The molecule has 1 atom stereocenters. The highest BCUT2D eigenvalue weighted by Gasteiger charge is 2.22. The molecule has 1 heterocycles. The summed E-state index contributed by atoms with van der Waals surface area (Å²) in [7, 11) is 0. The van der Waals surface area contributed by atoms with Crippen LogP contribution in [0, 0.1) is 5.41 Å². The zero-order valence-corrected chi connectivity index (χ0v) is 17.6. The predicted octanol–water partition coefficient (Wildman–Crippen LogP) is 5.08. The molecule has 2 aromatic carbocycles. The number of ketones is 1. The first kappa shape index (κ1) is 20.8. The standard InChI is InChI=1S/C22H23N3O3S/c1-14(29-21-25-24-19(28-21)16-8-6-5-7-9-16)18(26)15-10-12-17(13-11-15)23-20(27)22(2,3)4/h5-14H,1-4H3,(H,23,27)/t14-/m0/s1. The van der Waals surface area contributed by atoms with Crippen LogP contribution < -0.4 is 5.32 Å². The molecule has 0 fully saturated rings. The van der Waals surface area contributed by atoms with Gasteiger partial charge in [0, 0.05) is 22.2 Å². The van der Waals surface area contributed by atoms with Gasteiger partial charge in [-0.05, 0) is 43.3 Å². The van der Waals surface area contributed by atoms with E-state index < -0.39 is 10.7 Å². The summed E-state index contributed by atoms with van der Waals surface area (Å²) in [6.45, 7) is 7.34. The van der Waals surface area contributed by atoms with E-state index in [1.165, 1.54) is 11.8 Å². The minimum atomic E-state index is -0.484. The summed E-state index contributed by atoms with van der Waals surface area (Å²) >= 11 is 1.22. The Morgan fingerprint density at radius 3 is 2.28 bits per heavy atom. The molecule has 1 amide bonds. The lowest BCUT2D eigenvalue weighted by molar-refractivity contribution is -0.123. The monoisotopic (exact) mass is 409 g/mol. The largest absolute Gasteiger partial charge is 0.411 e. The van der Waals surface area contributed by atoms with Gasteiger partial charge in [-0.3, -0.25) is 9.59 Å². The fourth-order valence-corrected chi connectivity index (χ4v) is 3.19. The number of benzene rings is 2. The van der Waals surface area contributed by atoms with Gasteiger partial charge in [-0.25, -0.2) is 0 Å². The van der Waals surface area contributed by atoms with Crippen molar-refractivity contribution in [1.82, 2.24) is 10.2 Å². The van der Waals surface area contributed by atoms with Gasteiger partial charge in [0.05, 0.1) is 5.25 Å². The molecule has 1 N–H and O–H groups in total. The summed E-state index contributed by atoms with van der Waals surface area (Å²) < 4.78 is 5.66. The van der Waals surface area contributed by atoms with Crippen molar-refractivity contribution in [1.29, 1.82) is 0 Å². The molecular weight excluding hydrogens is 386 g/mol. The van der Waals surface area contributed by atoms with Crippen molar-refractivity contribution in [2.24, 2.45) is 5.41 Å². The van der Waals surface area contributed by atoms with E-state index >= 15 is 0 Å². The second-order valence-electron chi connectivity index (χ2n) is 7.64. The zero-order chi connectivity index (χ0) is 21.0. The van der Waals surface area contributed by atoms with Crippen molar-refractivity contribution in [3.8, 4) is 11.5 Å². The van der Waals surface area contributed by atoms with Gasteiger partial charge in [-0.2, -0.15) is 0 Å². The maximum atomic E-state index is 12.7. The van der Waals surface area contributed by atoms with Gasteiger partial charge in [0.25, 0.3) is 5.22 Å². The van der Waals surface area contributed by atoms with Crippen LogP contribution in [0.4, 0.5) is 5.69 Å². The first-order valence-corrected chi connectivity index (χ1v) is 10.1. The molecule has 0 saturated carbocycles. The Hall–Kier alpha value is -2.93. The smallest absolute Gasteiger partial charge is 0.277 e. The lowest BCUT2D eigenvalue weighted by Gasteiger charge is -2.17. The minimum absolute atomic E-state index is 0.0526. The van der Waals surface area contributed by atoms with E-state index in [1.807, 2.05) is 51.1 Å². The fourth-order valence-electron chi connectivity index (χ4n) is 2.43. The number of carbonyl (C=O) groups is 2. The molecule has 0 aliphatic heterocycles. The number of nitrogens with zero attached hydrogens (tertiary/aromatic N) is 2. The third kappa shape index (κ3) is 5.32. The molecule has 0 radical (unpaired) electrons. The Morgan fingerprint density at radius 1 is 1.00 bits per heavy atom. The molecule has 0 aliphatic carbocycles. The lowest BCUT2D eigenvalue weighted by atomic mass is 9.95. The summed E-state index contributed by atoms with van der Waals surface area (Å²) in [5.41, 5.74) is 1.56. The van der Waals surface area contributed by atoms with Gasteiger partial charge in [-0.15, -0.1) is 10.2 Å². The number of hydrogen-bond donors (Lipinski definition) is 1. The third-order valence-corrected chi connectivity index (χ3v) is 5.12. The molecule has 3 rings (SSSR count). The van der Waals surface area contributed by atoms with Gasteiger partial charge >= 0.3 is 0 Å². The average Bonchev–Trinajstić information content (AvgIpc) is 3.16. The number of anilines is 1. The number of carbonyl (C=O) groups excluding carboxylic acids is 2. The van der Waals surface area contributed by atoms with Crippen LogP contribution in [0.2, 0.25) is 0 Å². The summed E-state index contributed by atoms with van der Waals surface area (Å²) in [6.07, 6.45) is 0. The first-order valence-electron chi connectivity index (χ1n) is 9.25. The molecule has 1 aromatic heterocycles. The molecule has 29 heavy (non-hydrogen) atoms. The van der Waals surface area contributed by atoms with Gasteiger partial charge in [0.15, 0.2) is 5.78 Å². The van der Waals surface area contributed by atoms with Crippen molar-refractivity contribution in [3.05, 3.63) is 60.2 Å². The number of aromatic nitrogens is 2. The van der Waals surface area contributed by atoms with Gasteiger partial charge in [0.1, 0.15) is 0 Å². The van der Waals surface area contributed by atoms with Crippen molar-refractivity contribution in [3.63, 3.8) is 0 Å². The van der Waals surface area contributed by atoms with Crippen LogP contribution in [0.5, 0.6) is 0 Å². The average molecular weight is 410 g/mol. The van der Waals surface area contributed by atoms with Crippen LogP contribution in [0.25, 0.3) is 11.5 Å². The van der Waals surface area contributed by atoms with E-state index in [0.29, 0.717) is 22.4 Å². The Morgan fingerprint density at radius 2 is 1.66 bits per heavy atom. The highest BCUT2D eigenvalue weighted by atomic mass is 32.2. The van der Waals surface area contributed by atoms with Crippen LogP contribution in [0.1, 0.15) is 38.1 Å². The van der Waals surface area contributed by atoms with E-state index in [0.717, 1.165) is 5.56 Å². The van der Waals surface area contributed by atoms with Gasteiger partial charge in [0.2, 0.25) is 11.8 Å². The van der Waals surface area contributed by atoms with E-state index in [2.05, 4.69) is 15.5 Å². The highest BCUT2D eigenvalue weighted by molar-refractivity contribution is 8.00. The Labute approximate surface area is 174 Å². The number of amides is 1. The fraction of sp³-hybridized carbons (Fsp3) is 0.273. The molecule has 0 aliphatic rings. The van der Waals surface area contributed by atoms with Crippen LogP contribution in [0.15, 0.2) is 64.2 Å². The molecule has 0 bridgehead atoms. The second kappa shape index (κ2) is 8.61. The zero-order valence-electron chi connectivity index (χ0n) is 16.8. The Kier molecular flexibility index (Phi) is 6.17. The van der Waals surface area contributed by atoms with Crippen LogP contribution in [-0.4, -0.2) is 27.1 Å². The van der Waals surface area contributed by atoms with Gasteiger partial charge in [-0.1, -0.05) is 50.7 Å². The van der Waals surface area contributed by atoms with Crippen LogP contribution in [0.3, 0.4) is 0 Å². The summed E-state index contributed by atoms with van der Waals surface area (Å²) in [5, 5.41) is 10.9. The van der Waals surface area contributed by atoms with E-state index in [9.17, 15) is 9.59 Å². The number of nitrogens with one attached hydrogen (secondary N) is 1. The normalized spacial score (nSPS) is 12.4. The second-order valence-corrected chi connectivity index (χ2v) is 8.94. The quantitative estimate of drug-likeness (QED) is 0.451. The maximum absolute atomic E-state index is 12.7. The molecule has 3 aromatic rings. The summed E-state index contributed by atoms with van der Waals surface area (Å²) in [5.74, 6) is 0.293. The van der Waals surface area contributed by atoms with Crippen LogP contribution in [-0.2, 0) is 4.79 Å². The Balaban J connectivity index is 1.63. The van der Waals surface area contributed by atoms with Gasteiger partial charge < -0.3 is 9.73 Å². The van der Waals surface area contributed by atoms with Crippen LogP contribution >= 0.6 is 11.8 Å². The maximum Gasteiger partial charge on any atom is 0.277 e. The Bertz CT molecular complexity index is 992. The van der Waals surface area contributed by atoms with Crippen molar-refractivity contribution in [2.45, 2.75) is 38.2 Å². The lowest BCUT2D eigenvalue weighted by Crippen LogP contribution is -2.27. The molecule has 150 valence electrons. The summed E-state index contributed by atoms with van der Waals surface area (Å²) in [4.78, 5) is 24.8. The number of Topliss-reactive ketones (excluding diaryl/α,β-unsaturated/α-hetero) is 1. The molecule has 0 spiro atoms. The van der Waals surface area contributed by atoms with E-state index in [-0.39, 0.29) is 11.7 Å². The van der Waals surface area contributed by atoms with Crippen molar-refractivity contribution >= 4 is 29.1 Å².